The van der Waals surface area contributed by atoms with Crippen molar-refractivity contribution in [2.75, 3.05) is 27.6 Å². The molecule has 172 valence electrons. The summed E-state index contributed by atoms with van der Waals surface area (Å²) in [6.07, 6.45) is 0. The fourth-order valence-electron chi connectivity index (χ4n) is 4.34. The second-order valence-corrected chi connectivity index (χ2v) is 8.95. The molecule has 0 unspecified atom stereocenters. The zero-order valence-corrected chi connectivity index (χ0v) is 19.8. The molecule has 0 aromatic heterocycles. The summed E-state index contributed by atoms with van der Waals surface area (Å²) in [4.78, 5) is 4.33. The molecule has 0 saturated heterocycles. The van der Waals surface area contributed by atoms with Gasteiger partial charge in [-0.2, -0.15) is 0 Å². The Bertz CT molecular complexity index is 1140. The van der Waals surface area contributed by atoms with Crippen molar-refractivity contribution < 1.29 is 9.47 Å². The third-order valence-corrected chi connectivity index (χ3v) is 6.10. The first-order valence-electron chi connectivity index (χ1n) is 11.6. The van der Waals surface area contributed by atoms with Crippen LogP contribution >= 0.6 is 0 Å². The molecule has 0 amide bonds. The second-order valence-electron chi connectivity index (χ2n) is 8.95. The summed E-state index contributed by atoms with van der Waals surface area (Å²) >= 11 is 0. The van der Waals surface area contributed by atoms with Crippen LogP contribution in [0.15, 0.2) is 97.1 Å². The molecule has 0 saturated carbocycles. The van der Waals surface area contributed by atoms with Crippen molar-refractivity contribution in [3.8, 4) is 33.8 Å². The summed E-state index contributed by atoms with van der Waals surface area (Å²) in [5.74, 6) is 2.03. The summed E-state index contributed by atoms with van der Waals surface area (Å²) < 4.78 is 11.3. The summed E-state index contributed by atoms with van der Waals surface area (Å²) in [6.45, 7) is 3.27. The maximum Gasteiger partial charge on any atom is 0.142 e. The van der Waals surface area contributed by atoms with E-state index in [1.54, 1.807) is 0 Å². The Morgan fingerprint density at radius 2 is 0.912 bits per heavy atom. The summed E-state index contributed by atoms with van der Waals surface area (Å²) in [5.41, 5.74) is 7.54. The van der Waals surface area contributed by atoms with Gasteiger partial charge in [-0.25, -0.2) is 0 Å². The number of benzene rings is 4. The van der Waals surface area contributed by atoms with E-state index in [1.807, 2.05) is 12.1 Å². The van der Waals surface area contributed by atoms with Gasteiger partial charge < -0.3 is 9.47 Å². The van der Waals surface area contributed by atoms with E-state index in [-0.39, 0.29) is 0 Å². The first-order chi connectivity index (χ1) is 16.7. The molecule has 4 nitrogen and oxygen atoms in total. The van der Waals surface area contributed by atoms with Gasteiger partial charge in [0.1, 0.15) is 25.0 Å². The molecule has 0 aliphatic carbocycles. The van der Waals surface area contributed by atoms with E-state index in [0.29, 0.717) is 13.5 Å². The first-order valence-corrected chi connectivity index (χ1v) is 11.6. The molecule has 0 fully saturated rings. The van der Waals surface area contributed by atoms with Crippen molar-refractivity contribution >= 4 is 0 Å². The van der Waals surface area contributed by atoms with Gasteiger partial charge in [0.15, 0.2) is 0 Å². The minimum absolute atomic E-state index is 0.678. The normalized spacial score (nSPS) is 15.1. The maximum absolute atomic E-state index is 5.65. The van der Waals surface area contributed by atoms with Crippen molar-refractivity contribution in [2.24, 2.45) is 0 Å². The van der Waals surface area contributed by atoms with Crippen LogP contribution in [-0.4, -0.2) is 37.4 Å². The van der Waals surface area contributed by atoms with E-state index in [2.05, 4.69) is 109 Å². The van der Waals surface area contributed by atoms with Gasteiger partial charge in [-0.3, -0.25) is 9.80 Å². The smallest absolute Gasteiger partial charge is 0.142 e. The molecule has 4 aromatic rings. The topological polar surface area (TPSA) is 24.9 Å². The summed E-state index contributed by atoms with van der Waals surface area (Å²) in [5, 5.41) is 0. The molecule has 0 atom stereocenters. The third kappa shape index (κ3) is 5.14. The Kier molecular flexibility index (Phi) is 6.61. The highest BCUT2D eigenvalue weighted by molar-refractivity contribution is 5.66. The number of rotatable bonds is 2. The highest BCUT2D eigenvalue weighted by Crippen LogP contribution is 2.30. The number of fused-ring (bicyclic) bond motifs is 2. The van der Waals surface area contributed by atoms with Gasteiger partial charge in [-0.15, -0.1) is 0 Å². The first kappa shape index (κ1) is 22.2. The van der Waals surface area contributed by atoms with Crippen molar-refractivity contribution in [3.05, 3.63) is 108 Å². The molecule has 0 N–H and O–H groups in total. The van der Waals surface area contributed by atoms with E-state index >= 15 is 0 Å². The summed E-state index contributed by atoms with van der Waals surface area (Å²) in [6, 6.07) is 33.7. The zero-order valence-electron chi connectivity index (χ0n) is 19.8. The van der Waals surface area contributed by atoms with E-state index < -0.39 is 0 Å². The molecular formula is C30H30N2O2. The van der Waals surface area contributed by atoms with Crippen molar-refractivity contribution in [3.63, 3.8) is 0 Å². The Hall–Kier alpha value is -3.60. The number of nitrogens with zero attached hydrogens (tertiary/aromatic N) is 2. The third-order valence-electron chi connectivity index (χ3n) is 6.10. The highest BCUT2D eigenvalue weighted by atomic mass is 16.5. The van der Waals surface area contributed by atoms with Gasteiger partial charge in [0.2, 0.25) is 0 Å². The van der Waals surface area contributed by atoms with Crippen LogP contribution in [-0.2, 0) is 13.1 Å². The number of hydrogen-bond acceptors (Lipinski definition) is 4. The zero-order chi connectivity index (χ0) is 23.3. The second kappa shape index (κ2) is 10.1. The van der Waals surface area contributed by atoms with Crippen molar-refractivity contribution in [1.29, 1.82) is 0 Å². The van der Waals surface area contributed by atoms with Gasteiger partial charge in [-0.05, 0) is 60.6 Å². The van der Waals surface area contributed by atoms with Gasteiger partial charge in [-0.1, -0.05) is 72.8 Å². The Morgan fingerprint density at radius 1 is 0.500 bits per heavy atom. The monoisotopic (exact) mass is 450 g/mol. The van der Waals surface area contributed by atoms with E-state index in [9.17, 15) is 0 Å². The van der Waals surface area contributed by atoms with Gasteiger partial charge in [0, 0.05) is 24.2 Å². The molecule has 4 aromatic carbocycles. The Labute approximate surface area is 202 Å². The van der Waals surface area contributed by atoms with Gasteiger partial charge >= 0.3 is 0 Å². The lowest BCUT2D eigenvalue weighted by atomic mass is 10.0. The molecule has 2 aliphatic heterocycles. The molecule has 0 bridgehead atoms. The fourth-order valence-corrected chi connectivity index (χ4v) is 4.34. The average molecular weight is 451 g/mol. The predicted molar refractivity (Wildman–Crippen MR) is 138 cm³/mol. The Balaban J connectivity index is 0.000000142. The van der Waals surface area contributed by atoms with Crippen molar-refractivity contribution in [2.45, 2.75) is 13.1 Å². The molecular weight excluding hydrogens is 420 g/mol. The lowest BCUT2D eigenvalue weighted by molar-refractivity contribution is 0.121. The van der Waals surface area contributed by atoms with Crippen molar-refractivity contribution in [1.82, 2.24) is 9.80 Å². The van der Waals surface area contributed by atoms with Crippen LogP contribution in [0.2, 0.25) is 0 Å². The fraction of sp³-hybridized carbons (Fsp3) is 0.200. The van der Waals surface area contributed by atoms with Crippen LogP contribution in [0.5, 0.6) is 11.5 Å². The summed E-state index contributed by atoms with van der Waals surface area (Å²) in [7, 11) is 4.14. The quantitative estimate of drug-likeness (QED) is 0.359. The molecule has 6 rings (SSSR count). The van der Waals surface area contributed by atoms with E-state index in [0.717, 1.165) is 24.6 Å². The SMILES string of the molecule is CN1COc2ccc(-c3ccccc3)cc2C1.CN1COc2ccc(-c3ccccc3)cc2C1. The number of hydrogen-bond donors (Lipinski definition) is 0. The van der Waals surface area contributed by atoms with Crippen LogP contribution < -0.4 is 9.47 Å². The molecule has 2 aliphatic rings. The van der Waals surface area contributed by atoms with Gasteiger partial charge in [0.25, 0.3) is 0 Å². The lowest BCUT2D eigenvalue weighted by Crippen LogP contribution is -2.27. The standard InChI is InChI=1S/2C15H15NO/c2*1-16-10-14-9-13(7-8-15(14)17-11-16)12-5-3-2-4-6-12/h2*2-9H,10-11H2,1H3. The van der Waals surface area contributed by atoms with Crippen LogP contribution in [0.3, 0.4) is 0 Å². The molecule has 4 heteroatoms. The molecule has 34 heavy (non-hydrogen) atoms. The minimum Gasteiger partial charge on any atom is -0.478 e. The van der Waals surface area contributed by atoms with Crippen LogP contribution in [0.4, 0.5) is 0 Å². The lowest BCUT2D eigenvalue weighted by Gasteiger charge is -2.25. The highest BCUT2D eigenvalue weighted by Gasteiger charge is 2.15. The number of ether oxygens (including phenoxy) is 2. The van der Waals surface area contributed by atoms with E-state index in [4.69, 9.17) is 9.47 Å². The largest absolute Gasteiger partial charge is 0.478 e. The maximum atomic E-state index is 5.65. The molecule has 0 spiro atoms. The average Bonchev–Trinajstić information content (AvgIpc) is 2.89. The predicted octanol–water partition coefficient (Wildman–Crippen LogP) is 6.27. The van der Waals surface area contributed by atoms with Crippen LogP contribution in [0.25, 0.3) is 22.3 Å². The minimum atomic E-state index is 0.678. The van der Waals surface area contributed by atoms with Crippen LogP contribution in [0, 0.1) is 0 Å². The van der Waals surface area contributed by atoms with E-state index in [1.165, 1.54) is 33.4 Å². The Morgan fingerprint density at radius 3 is 1.32 bits per heavy atom. The van der Waals surface area contributed by atoms with Crippen LogP contribution in [0.1, 0.15) is 11.1 Å². The van der Waals surface area contributed by atoms with Gasteiger partial charge in [0.05, 0.1) is 0 Å². The molecule has 0 radical (unpaired) electrons. The molecule has 2 heterocycles.